The SMILES string of the molecule is CC1=NC(C)=C(C)[N+]1(C)CCO. The maximum atomic E-state index is 8.92. The first kappa shape index (κ1) is 9.42. The van der Waals surface area contributed by atoms with Gasteiger partial charge in [-0.05, 0) is 6.92 Å². The number of aliphatic hydroxyl groups excluding tert-OH is 1. The van der Waals surface area contributed by atoms with Gasteiger partial charge in [-0.25, -0.2) is 4.48 Å². The van der Waals surface area contributed by atoms with Crippen molar-refractivity contribution >= 4 is 5.84 Å². The van der Waals surface area contributed by atoms with Gasteiger partial charge in [0, 0.05) is 13.8 Å². The van der Waals surface area contributed by atoms with E-state index in [0.717, 1.165) is 18.1 Å². The second kappa shape index (κ2) is 2.99. The van der Waals surface area contributed by atoms with Gasteiger partial charge in [-0.15, -0.1) is 0 Å². The molecule has 1 aliphatic rings. The van der Waals surface area contributed by atoms with Crippen LogP contribution in [0.25, 0.3) is 0 Å². The number of quaternary nitrogens is 1. The van der Waals surface area contributed by atoms with Crippen LogP contribution in [0.1, 0.15) is 20.8 Å². The lowest BCUT2D eigenvalue weighted by molar-refractivity contribution is -0.779. The minimum absolute atomic E-state index is 0.202. The third-order valence-corrected chi connectivity index (χ3v) is 2.85. The van der Waals surface area contributed by atoms with Crippen molar-refractivity contribution in [3.05, 3.63) is 11.4 Å². The van der Waals surface area contributed by atoms with Crippen molar-refractivity contribution in [1.82, 2.24) is 0 Å². The molecule has 1 aliphatic heterocycles. The molecule has 0 radical (unpaired) electrons. The number of aliphatic hydroxyl groups is 1. The fourth-order valence-electron chi connectivity index (χ4n) is 1.56. The van der Waals surface area contributed by atoms with Gasteiger partial charge in [-0.2, -0.15) is 4.99 Å². The molecule has 0 fully saturated rings. The standard InChI is InChI=1S/C9H17N2O/c1-7-8(2)11(4,5-6-12)9(3)10-7/h12H,5-6H2,1-4H3/q+1. The third-order valence-electron chi connectivity index (χ3n) is 2.85. The second-order valence-corrected chi connectivity index (χ2v) is 3.47. The molecule has 0 aromatic rings. The van der Waals surface area contributed by atoms with Crippen molar-refractivity contribution < 1.29 is 9.59 Å². The Morgan fingerprint density at radius 2 is 1.92 bits per heavy atom. The fourth-order valence-corrected chi connectivity index (χ4v) is 1.56. The lowest BCUT2D eigenvalue weighted by atomic mass is 10.3. The van der Waals surface area contributed by atoms with E-state index >= 15 is 0 Å². The molecule has 1 rings (SSSR count). The molecule has 0 aliphatic carbocycles. The molecule has 0 saturated carbocycles. The summed E-state index contributed by atoms with van der Waals surface area (Å²) in [4.78, 5) is 4.40. The van der Waals surface area contributed by atoms with Crippen LogP contribution >= 0.6 is 0 Å². The van der Waals surface area contributed by atoms with Crippen molar-refractivity contribution in [3.63, 3.8) is 0 Å². The fraction of sp³-hybridized carbons (Fsp3) is 0.667. The van der Waals surface area contributed by atoms with Gasteiger partial charge < -0.3 is 5.11 Å². The maximum absolute atomic E-state index is 8.92. The van der Waals surface area contributed by atoms with Crippen LogP contribution in [0.15, 0.2) is 16.4 Å². The summed E-state index contributed by atoms with van der Waals surface area (Å²) < 4.78 is 0.683. The number of aliphatic imine (C=N–C) groups is 1. The Bertz CT molecular complexity index is 255. The van der Waals surface area contributed by atoms with Crippen molar-refractivity contribution in [2.24, 2.45) is 4.99 Å². The van der Waals surface area contributed by atoms with Crippen molar-refractivity contribution in [2.75, 3.05) is 20.2 Å². The third kappa shape index (κ3) is 1.19. The molecule has 0 aromatic heterocycles. The zero-order valence-corrected chi connectivity index (χ0v) is 8.26. The number of allylic oxidation sites excluding steroid dienone is 2. The normalized spacial score (nSPS) is 29.6. The van der Waals surface area contributed by atoms with E-state index in [9.17, 15) is 0 Å². The number of rotatable bonds is 2. The summed E-state index contributed by atoms with van der Waals surface area (Å²) in [5.41, 5.74) is 2.32. The van der Waals surface area contributed by atoms with Gasteiger partial charge in [0.25, 0.3) is 0 Å². The van der Waals surface area contributed by atoms with Crippen LogP contribution in [0, 0.1) is 0 Å². The molecule has 3 nitrogen and oxygen atoms in total. The monoisotopic (exact) mass is 169 g/mol. The van der Waals surface area contributed by atoms with E-state index in [1.165, 1.54) is 5.70 Å². The van der Waals surface area contributed by atoms with E-state index in [0.29, 0.717) is 4.48 Å². The molecule has 0 bridgehead atoms. The van der Waals surface area contributed by atoms with Crippen molar-refractivity contribution in [1.29, 1.82) is 0 Å². The predicted molar refractivity (Wildman–Crippen MR) is 49.6 cm³/mol. The first-order valence-corrected chi connectivity index (χ1v) is 4.22. The van der Waals surface area contributed by atoms with E-state index in [1.54, 1.807) is 0 Å². The lowest BCUT2D eigenvalue weighted by Gasteiger charge is -2.29. The van der Waals surface area contributed by atoms with Crippen LogP contribution < -0.4 is 0 Å². The Kier molecular flexibility index (Phi) is 2.35. The predicted octanol–water partition coefficient (Wildman–Crippen LogP) is 1.11. The minimum Gasteiger partial charge on any atom is -0.390 e. The highest BCUT2D eigenvalue weighted by atomic mass is 16.3. The quantitative estimate of drug-likeness (QED) is 0.617. The molecule has 68 valence electrons. The Balaban J connectivity index is 2.98. The summed E-state index contributed by atoms with van der Waals surface area (Å²) in [5.74, 6) is 1.07. The molecular weight excluding hydrogens is 152 g/mol. The summed E-state index contributed by atoms with van der Waals surface area (Å²) in [6.45, 7) is 7.02. The summed E-state index contributed by atoms with van der Waals surface area (Å²) in [5, 5.41) is 8.92. The van der Waals surface area contributed by atoms with Gasteiger partial charge >= 0.3 is 0 Å². The van der Waals surface area contributed by atoms with Gasteiger partial charge in [0.1, 0.15) is 12.2 Å². The highest BCUT2D eigenvalue weighted by molar-refractivity contribution is 5.77. The van der Waals surface area contributed by atoms with E-state index < -0.39 is 0 Å². The summed E-state index contributed by atoms with van der Waals surface area (Å²) in [7, 11) is 2.08. The van der Waals surface area contributed by atoms with Crippen molar-refractivity contribution in [2.45, 2.75) is 20.8 Å². The van der Waals surface area contributed by atoms with E-state index in [4.69, 9.17) is 5.11 Å². The highest BCUT2D eigenvalue weighted by Crippen LogP contribution is 2.26. The summed E-state index contributed by atoms with van der Waals surface area (Å²) in [6.07, 6.45) is 0. The Hall–Kier alpha value is -0.670. The van der Waals surface area contributed by atoms with Crippen LogP contribution in [0.5, 0.6) is 0 Å². The first-order valence-electron chi connectivity index (χ1n) is 4.22. The average molecular weight is 169 g/mol. The van der Waals surface area contributed by atoms with Crippen LogP contribution in [0.3, 0.4) is 0 Å². The van der Waals surface area contributed by atoms with Gasteiger partial charge in [0.15, 0.2) is 0 Å². The zero-order chi connectivity index (χ0) is 9.35. The number of hydrogen-bond donors (Lipinski definition) is 1. The molecule has 0 saturated heterocycles. The van der Waals surface area contributed by atoms with Crippen LogP contribution in [-0.2, 0) is 0 Å². The van der Waals surface area contributed by atoms with E-state index in [1.807, 2.05) is 13.8 Å². The number of hydrogen-bond acceptors (Lipinski definition) is 2. The molecule has 1 N–H and O–H groups in total. The summed E-state index contributed by atoms with van der Waals surface area (Å²) in [6, 6.07) is 0. The van der Waals surface area contributed by atoms with Gasteiger partial charge in [-0.1, -0.05) is 0 Å². The van der Waals surface area contributed by atoms with Crippen molar-refractivity contribution in [3.8, 4) is 0 Å². The molecule has 1 unspecified atom stereocenters. The Labute approximate surface area is 73.6 Å². The topological polar surface area (TPSA) is 32.6 Å². The van der Waals surface area contributed by atoms with Crippen LogP contribution in [0.2, 0.25) is 0 Å². The second-order valence-electron chi connectivity index (χ2n) is 3.47. The van der Waals surface area contributed by atoms with Crippen LogP contribution in [0.4, 0.5) is 0 Å². The Morgan fingerprint density at radius 3 is 2.25 bits per heavy atom. The van der Waals surface area contributed by atoms with Crippen LogP contribution in [-0.4, -0.2) is 35.6 Å². The molecule has 0 amide bonds. The molecular formula is C9H17N2O+. The zero-order valence-electron chi connectivity index (χ0n) is 8.26. The number of likely N-dealkylation sites (N-methyl/N-ethyl adjacent to an activating group) is 1. The molecule has 0 aromatic carbocycles. The average Bonchev–Trinajstić information content (AvgIpc) is 2.17. The molecule has 1 atom stereocenters. The minimum atomic E-state index is 0.202. The van der Waals surface area contributed by atoms with Gasteiger partial charge in [0.05, 0.1) is 19.4 Å². The van der Waals surface area contributed by atoms with Gasteiger partial charge in [-0.3, -0.25) is 0 Å². The van der Waals surface area contributed by atoms with Gasteiger partial charge in [0.2, 0.25) is 5.84 Å². The molecule has 3 heteroatoms. The van der Waals surface area contributed by atoms with E-state index in [-0.39, 0.29) is 6.61 Å². The largest absolute Gasteiger partial charge is 0.390 e. The summed E-state index contributed by atoms with van der Waals surface area (Å²) >= 11 is 0. The van der Waals surface area contributed by atoms with E-state index in [2.05, 4.69) is 19.0 Å². The number of nitrogens with zero attached hydrogens (tertiary/aromatic N) is 2. The molecule has 1 heterocycles. The molecule has 0 spiro atoms. The number of amidine groups is 1. The molecule has 12 heavy (non-hydrogen) atoms. The Morgan fingerprint density at radius 1 is 1.33 bits per heavy atom. The lowest BCUT2D eigenvalue weighted by Crippen LogP contribution is -2.46. The maximum Gasteiger partial charge on any atom is 0.204 e. The highest BCUT2D eigenvalue weighted by Gasteiger charge is 2.34. The first-order chi connectivity index (χ1) is 5.52. The smallest absolute Gasteiger partial charge is 0.204 e.